The first-order valence-corrected chi connectivity index (χ1v) is 6.77. The van der Waals surface area contributed by atoms with Crippen LogP contribution < -0.4 is 5.32 Å². The number of aryl methyl sites for hydroxylation is 2. The van der Waals surface area contributed by atoms with E-state index in [-0.39, 0.29) is 30.5 Å². The van der Waals surface area contributed by atoms with Crippen molar-refractivity contribution in [1.29, 1.82) is 0 Å². The molecule has 0 bridgehead atoms. The predicted octanol–water partition coefficient (Wildman–Crippen LogP) is 0.121. The number of morpholine rings is 1. The number of nitrogens with zero attached hydrogens (tertiary/aromatic N) is 3. The van der Waals surface area contributed by atoms with Gasteiger partial charge in [-0.1, -0.05) is 0 Å². The summed E-state index contributed by atoms with van der Waals surface area (Å²) >= 11 is 0. The Bertz CT molecular complexity index is 477. The summed E-state index contributed by atoms with van der Waals surface area (Å²) in [4.78, 5) is 14.2. The molecule has 3 rings (SSSR count). The normalized spacial score (nSPS) is 25.2. The van der Waals surface area contributed by atoms with Crippen LogP contribution in [-0.2, 0) is 16.1 Å². The summed E-state index contributed by atoms with van der Waals surface area (Å²) in [6.07, 6.45) is 0.151. The second-order valence-electron chi connectivity index (χ2n) is 5.35. The van der Waals surface area contributed by atoms with E-state index >= 15 is 0 Å². The zero-order chi connectivity index (χ0) is 13.4. The molecule has 0 spiro atoms. The summed E-state index contributed by atoms with van der Waals surface area (Å²) in [5, 5.41) is 7.74. The molecule has 7 heteroatoms. The van der Waals surface area contributed by atoms with Crippen LogP contribution in [0.5, 0.6) is 0 Å². The molecule has 2 fully saturated rings. The molecular formula is C13H21ClN4O2. The largest absolute Gasteiger partial charge is 0.373 e. The SMILES string of the molecule is Cc1cc(C)n(CC(=O)N2C[C@@H]3NCCO[C@H]3C2)n1.Cl. The first-order valence-electron chi connectivity index (χ1n) is 6.77. The van der Waals surface area contributed by atoms with Gasteiger partial charge in [-0.2, -0.15) is 5.10 Å². The van der Waals surface area contributed by atoms with Crippen LogP contribution in [0.25, 0.3) is 0 Å². The highest BCUT2D eigenvalue weighted by molar-refractivity contribution is 5.85. The lowest BCUT2D eigenvalue weighted by Crippen LogP contribution is -2.47. The van der Waals surface area contributed by atoms with Gasteiger partial charge in [0, 0.05) is 25.3 Å². The lowest BCUT2D eigenvalue weighted by Gasteiger charge is -2.25. The quantitative estimate of drug-likeness (QED) is 0.843. The van der Waals surface area contributed by atoms with E-state index < -0.39 is 0 Å². The molecule has 2 saturated heterocycles. The van der Waals surface area contributed by atoms with Crippen molar-refractivity contribution in [3.63, 3.8) is 0 Å². The molecule has 1 N–H and O–H groups in total. The van der Waals surface area contributed by atoms with Crippen molar-refractivity contribution in [2.24, 2.45) is 0 Å². The number of likely N-dealkylation sites (tertiary alicyclic amines) is 1. The van der Waals surface area contributed by atoms with E-state index in [0.29, 0.717) is 13.1 Å². The van der Waals surface area contributed by atoms with E-state index in [1.165, 1.54) is 0 Å². The zero-order valence-corrected chi connectivity index (χ0v) is 12.7. The third-order valence-corrected chi connectivity index (χ3v) is 3.85. The lowest BCUT2D eigenvalue weighted by molar-refractivity contribution is -0.131. The molecule has 1 aromatic rings. The second-order valence-corrected chi connectivity index (χ2v) is 5.35. The Hall–Kier alpha value is -1.11. The maximum atomic E-state index is 12.3. The number of halogens is 1. The Kier molecular flexibility index (Phi) is 4.67. The van der Waals surface area contributed by atoms with Crippen molar-refractivity contribution in [2.75, 3.05) is 26.2 Å². The van der Waals surface area contributed by atoms with Gasteiger partial charge in [0.15, 0.2) is 0 Å². The first-order chi connectivity index (χ1) is 9.13. The van der Waals surface area contributed by atoms with Gasteiger partial charge in [-0.3, -0.25) is 9.48 Å². The zero-order valence-electron chi connectivity index (χ0n) is 11.8. The molecule has 2 aliphatic heterocycles. The number of nitrogens with one attached hydrogen (secondary N) is 1. The number of aromatic nitrogens is 2. The van der Waals surface area contributed by atoms with Gasteiger partial charge in [0.25, 0.3) is 0 Å². The summed E-state index contributed by atoms with van der Waals surface area (Å²) < 4.78 is 7.45. The third kappa shape index (κ3) is 2.97. The van der Waals surface area contributed by atoms with Crippen LogP contribution in [0.4, 0.5) is 0 Å². The molecule has 20 heavy (non-hydrogen) atoms. The van der Waals surface area contributed by atoms with E-state index in [1.807, 2.05) is 24.8 Å². The molecule has 0 radical (unpaired) electrons. The topological polar surface area (TPSA) is 59.4 Å². The highest BCUT2D eigenvalue weighted by Crippen LogP contribution is 2.17. The molecule has 3 heterocycles. The molecule has 112 valence electrons. The van der Waals surface area contributed by atoms with Crippen molar-refractivity contribution in [3.8, 4) is 0 Å². The maximum Gasteiger partial charge on any atom is 0.244 e. The van der Waals surface area contributed by atoms with Crippen molar-refractivity contribution in [2.45, 2.75) is 32.5 Å². The first kappa shape index (κ1) is 15.3. The van der Waals surface area contributed by atoms with E-state index in [4.69, 9.17) is 4.74 Å². The number of hydrogen-bond donors (Lipinski definition) is 1. The molecule has 0 saturated carbocycles. The fourth-order valence-corrected chi connectivity index (χ4v) is 2.86. The molecule has 0 aromatic carbocycles. The standard InChI is InChI=1S/C13H20N4O2.ClH/c1-9-5-10(2)17(15-9)8-13(18)16-6-11-12(7-16)19-4-3-14-11;/h5,11-12,14H,3-4,6-8H2,1-2H3;1H/t11-,12-;/m0./s1. The Morgan fingerprint density at radius 2 is 2.30 bits per heavy atom. The number of carbonyl (C=O) groups excluding carboxylic acids is 1. The van der Waals surface area contributed by atoms with Crippen molar-refractivity contribution >= 4 is 18.3 Å². The number of carbonyl (C=O) groups is 1. The van der Waals surface area contributed by atoms with Crippen LogP contribution in [0.2, 0.25) is 0 Å². The fourth-order valence-electron chi connectivity index (χ4n) is 2.86. The molecule has 6 nitrogen and oxygen atoms in total. The monoisotopic (exact) mass is 300 g/mol. The summed E-state index contributed by atoms with van der Waals surface area (Å²) in [5.41, 5.74) is 1.97. The van der Waals surface area contributed by atoms with Crippen molar-refractivity contribution < 1.29 is 9.53 Å². The molecule has 0 aliphatic carbocycles. The number of ether oxygens (including phenoxy) is 1. The summed E-state index contributed by atoms with van der Waals surface area (Å²) in [5.74, 6) is 0.117. The van der Waals surface area contributed by atoms with Crippen LogP contribution in [0.3, 0.4) is 0 Å². The minimum absolute atomic E-state index is 0. The van der Waals surface area contributed by atoms with Gasteiger partial charge < -0.3 is 15.0 Å². The minimum atomic E-state index is 0. The summed E-state index contributed by atoms with van der Waals surface area (Å²) in [6.45, 7) is 7.27. The molecule has 1 amide bonds. The van der Waals surface area contributed by atoms with Gasteiger partial charge in [-0.05, 0) is 19.9 Å². The van der Waals surface area contributed by atoms with Crippen LogP contribution in [-0.4, -0.2) is 59.0 Å². The fraction of sp³-hybridized carbons (Fsp3) is 0.692. The number of rotatable bonds is 2. The smallest absolute Gasteiger partial charge is 0.244 e. The molecule has 0 unspecified atom stereocenters. The van der Waals surface area contributed by atoms with E-state index in [9.17, 15) is 4.79 Å². The van der Waals surface area contributed by atoms with E-state index in [2.05, 4.69) is 10.4 Å². The van der Waals surface area contributed by atoms with E-state index in [1.54, 1.807) is 4.68 Å². The van der Waals surface area contributed by atoms with Gasteiger partial charge in [-0.25, -0.2) is 0 Å². The summed E-state index contributed by atoms with van der Waals surface area (Å²) in [6, 6.07) is 2.28. The Labute approximate surface area is 124 Å². The third-order valence-electron chi connectivity index (χ3n) is 3.85. The van der Waals surface area contributed by atoms with Gasteiger partial charge in [0.05, 0.1) is 24.4 Å². The number of fused-ring (bicyclic) bond motifs is 1. The van der Waals surface area contributed by atoms with Crippen LogP contribution in [0.1, 0.15) is 11.4 Å². The van der Waals surface area contributed by atoms with Crippen LogP contribution in [0.15, 0.2) is 6.07 Å². The Balaban J connectivity index is 0.00000147. The van der Waals surface area contributed by atoms with Gasteiger partial charge in [0.1, 0.15) is 6.54 Å². The Morgan fingerprint density at radius 3 is 2.95 bits per heavy atom. The number of hydrogen-bond acceptors (Lipinski definition) is 4. The lowest BCUT2D eigenvalue weighted by atomic mass is 10.2. The molecule has 2 aliphatic rings. The second kappa shape index (κ2) is 6.11. The molecule has 1 aromatic heterocycles. The highest BCUT2D eigenvalue weighted by Gasteiger charge is 2.37. The minimum Gasteiger partial charge on any atom is -0.373 e. The van der Waals surface area contributed by atoms with Crippen molar-refractivity contribution in [1.82, 2.24) is 20.0 Å². The summed E-state index contributed by atoms with van der Waals surface area (Å²) in [7, 11) is 0. The van der Waals surface area contributed by atoms with Crippen molar-refractivity contribution in [3.05, 3.63) is 17.5 Å². The maximum absolute atomic E-state index is 12.3. The van der Waals surface area contributed by atoms with Gasteiger partial charge in [-0.15, -0.1) is 12.4 Å². The Morgan fingerprint density at radius 1 is 1.50 bits per heavy atom. The highest BCUT2D eigenvalue weighted by atomic mass is 35.5. The van der Waals surface area contributed by atoms with Gasteiger partial charge >= 0.3 is 0 Å². The molecular weight excluding hydrogens is 280 g/mol. The number of amides is 1. The van der Waals surface area contributed by atoms with Crippen LogP contribution >= 0.6 is 12.4 Å². The molecule has 2 atom stereocenters. The average Bonchev–Trinajstić information content (AvgIpc) is 2.93. The predicted molar refractivity (Wildman–Crippen MR) is 77.1 cm³/mol. The van der Waals surface area contributed by atoms with Crippen LogP contribution in [0, 0.1) is 13.8 Å². The van der Waals surface area contributed by atoms with E-state index in [0.717, 1.165) is 31.1 Å². The average molecular weight is 301 g/mol. The van der Waals surface area contributed by atoms with Gasteiger partial charge in [0.2, 0.25) is 5.91 Å².